The minimum atomic E-state index is -0.847. The molecule has 1 aliphatic rings. The maximum atomic E-state index is 10.9. The van der Waals surface area contributed by atoms with Crippen LogP contribution in [0.5, 0.6) is 0 Å². The molecule has 1 atom stereocenters. The summed E-state index contributed by atoms with van der Waals surface area (Å²) in [6.07, 6.45) is -0.178. The van der Waals surface area contributed by atoms with Gasteiger partial charge in [0, 0.05) is 10.9 Å². The Morgan fingerprint density at radius 3 is 2.41 bits per heavy atom. The zero-order valence-electron chi connectivity index (χ0n) is 8.90. The highest BCUT2D eigenvalue weighted by Crippen LogP contribution is 2.24. The fraction of sp³-hybridized carbons (Fsp3) is 0.300. The van der Waals surface area contributed by atoms with Crippen molar-refractivity contribution in [2.75, 3.05) is 0 Å². The first kappa shape index (κ1) is 12.3. The van der Waals surface area contributed by atoms with E-state index >= 15 is 0 Å². The number of nitrogens with one attached hydrogen (secondary N) is 4. The number of carboxylic acids is 1. The third-order valence-corrected chi connectivity index (χ3v) is 2.86. The summed E-state index contributed by atoms with van der Waals surface area (Å²) in [7, 11) is 0. The Balaban J connectivity index is 2.19. The van der Waals surface area contributed by atoms with Crippen LogP contribution in [0.3, 0.4) is 0 Å². The molecular formula is C10H13ClN4O2. The van der Waals surface area contributed by atoms with Gasteiger partial charge in [-0.15, -0.1) is 0 Å². The first-order valence-corrected chi connectivity index (χ1v) is 5.53. The minimum Gasteiger partial charge on any atom is -0.481 e. The molecule has 1 saturated heterocycles. The first-order valence-electron chi connectivity index (χ1n) is 5.15. The van der Waals surface area contributed by atoms with Crippen LogP contribution in [0.4, 0.5) is 0 Å². The topological polar surface area (TPSA) is 85.4 Å². The van der Waals surface area contributed by atoms with Gasteiger partial charge >= 0.3 is 5.97 Å². The van der Waals surface area contributed by atoms with Crippen LogP contribution in [0.1, 0.15) is 17.9 Å². The van der Waals surface area contributed by atoms with Gasteiger partial charge < -0.3 is 5.11 Å². The quantitative estimate of drug-likeness (QED) is 0.534. The second-order valence-electron chi connectivity index (χ2n) is 3.77. The molecule has 5 N–H and O–H groups in total. The second-order valence-corrected chi connectivity index (χ2v) is 4.21. The minimum absolute atomic E-state index is 0.0235. The monoisotopic (exact) mass is 256 g/mol. The third kappa shape index (κ3) is 3.15. The van der Waals surface area contributed by atoms with Crippen molar-refractivity contribution in [1.29, 1.82) is 0 Å². The van der Waals surface area contributed by atoms with Crippen LogP contribution in [0.15, 0.2) is 24.3 Å². The van der Waals surface area contributed by atoms with Crippen molar-refractivity contribution in [3.63, 3.8) is 0 Å². The SMILES string of the molecule is O=C(O)CC(c1ccc(Cl)cc1)C1NNNN1. The van der Waals surface area contributed by atoms with Crippen LogP contribution in [-0.2, 0) is 4.79 Å². The molecule has 17 heavy (non-hydrogen) atoms. The summed E-state index contributed by atoms with van der Waals surface area (Å²) in [5.41, 5.74) is 12.1. The molecule has 0 radical (unpaired) electrons. The maximum absolute atomic E-state index is 10.9. The highest BCUT2D eigenvalue weighted by atomic mass is 35.5. The molecule has 92 valence electrons. The molecule has 0 saturated carbocycles. The molecule has 6 nitrogen and oxygen atoms in total. The Labute approximate surface area is 103 Å². The lowest BCUT2D eigenvalue weighted by molar-refractivity contribution is -0.137. The van der Waals surface area contributed by atoms with Crippen molar-refractivity contribution < 1.29 is 9.90 Å². The lowest BCUT2D eigenvalue weighted by Crippen LogP contribution is -2.40. The summed E-state index contributed by atoms with van der Waals surface area (Å²) in [4.78, 5) is 10.9. The number of hydrogen-bond donors (Lipinski definition) is 5. The summed E-state index contributed by atoms with van der Waals surface area (Å²) < 4.78 is 0. The number of aliphatic carboxylic acids is 1. The van der Waals surface area contributed by atoms with Crippen molar-refractivity contribution in [2.45, 2.75) is 18.5 Å². The van der Waals surface area contributed by atoms with E-state index < -0.39 is 5.97 Å². The zero-order valence-corrected chi connectivity index (χ0v) is 9.66. The molecule has 2 rings (SSSR count). The Morgan fingerprint density at radius 1 is 1.29 bits per heavy atom. The Morgan fingerprint density at radius 2 is 1.88 bits per heavy atom. The number of carbonyl (C=O) groups is 1. The summed E-state index contributed by atoms with van der Waals surface area (Å²) in [6, 6.07) is 7.17. The standard InChI is InChI=1S/C10H13ClN4O2/c11-7-3-1-6(2-4-7)8(5-9(16)17)10-12-14-15-13-10/h1-4,8,10,12-15H,5H2,(H,16,17). The fourth-order valence-electron chi connectivity index (χ4n) is 1.79. The molecule has 1 fully saturated rings. The average molecular weight is 257 g/mol. The second kappa shape index (κ2) is 5.44. The summed E-state index contributed by atoms with van der Waals surface area (Å²) in [5, 5.41) is 9.57. The molecule has 1 heterocycles. The Bertz CT molecular complexity index is 392. The van der Waals surface area contributed by atoms with Crippen molar-refractivity contribution in [3.8, 4) is 0 Å². The van der Waals surface area contributed by atoms with E-state index in [4.69, 9.17) is 16.7 Å². The molecule has 0 amide bonds. The molecule has 0 aromatic heterocycles. The normalized spacial score (nSPS) is 18.2. The highest BCUT2D eigenvalue weighted by molar-refractivity contribution is 6.30. The van der Waals surface area contributed by atoms with Gasteiger partial charge in [0.25, 0.3) is 0 Å². The van der Waals surface area contributed by atoms with Gasteiger partial charge in [0.2, 0.25) is 0 Å². The Hall–Kier alpha value is -1.18. The van der Waals surface area contributed by atoms with E-state index in [-0.39, 0.29) is 18.5 Å². The van der Waals surface area contributed by atoms with Gasteiger partial charge in [0.1, 0.15) is 0 Å². The molecule has 1 unspecified atom stereocenters. The van der Waals surface area contributed by atoms with Gasteiger partial charge in [0.05, 0.1) is 12.6 Å². The average Bonchev–Trinajstić information content (AvgIpc) is 2.80. The van der Waals surface area contributed by atoms with Crippen molar-refractivity contribution in [1.82, 2.24) is 21.9 Å². The predicted octanol–water partition coefficient (Wildman–Crippen LogP) is 0.341. The van der Waals surface area contributed by atoms with E-state index in [0.29, 0.717) is 5.02 Å². The van der Waals surface area contributed by atoms with Crippen LogP contribution in [-0.4, -0.2) is 17.2 Å². The third-order valence-electron chi connectivity index (χ3n) is 2.61. The van der Waals surface area contributed by atoms with E-state index in [1.165, 1.54) is 0 Å². The maximum Gasteiger partial charge on any atom is 0.304 e. The molecule has 7 heteroatoms. The van der Waals surface area contributed by atoms with Crippen molar-refractivity contribution in [2.24, 2.45) is 0 Å². The molecule has 1 aromatic carbocycles. The van der Waals surface area contributed by atoms with E-state index in [1.54, 1.807) is 12.1 Å². The summed E-state index contributed by atoms with van der Waals surface area (Å²) in [5.74, 6) is -1.05. The number of rotatable bonds is 4. The number of benzene rings is 1. The summed E-state index contributed by atoms with van der Waals surface area (Å²) >= 11 is 5.81. The smallest absolute Gasteiger partial charge is 0.304 e. The fourth-order valence-corrected chi connectivity index (χ4v) is 1.92. The number of carboxylic acid groups (broad SMARTS) is 1. The van der Waals surface area contributed by atoms with Crippen molar-refractivity contribution >= 4 is 17.6 Å². The van der Waals surface area contributed by atoms with E-state index in [9.17, 15) is 4.79 Å². The molecule has 0 spiro atoms. The van der Waals surface area contributed by atoms with Crippen LogP contribution >= 0.6 is 11.6 Å². The van der Waals surface area contributed by atoms with Gasteiger partial charge in [-0.1, -0.05) is 23.7 Å². The highest BCUT2D eigenvalue weighted by Gasteiger charge is 2.27. The van der Waals surface area contributed by atoms with Crippen LogP contribution in [0, 0.1) is 0 Å². The Kier molecular flexibility index (Phi) is 3.93. The van der Waals surface area contributed by atoms with E-state index in [1.807, 2.05) is 12.1 Å². The van der Waals surface area contributed by atoms with Crippen LogP contribution in [0.2, 0.25) is 5.02 Å². The van der Waals surface area contributed by atoms with Gasteiger partial charge in [-0.05, 0) is 17.7 Å². The lowest BCUT2D eigenvalue weighted by atomic mass is 9.93. The number of hydrogen-bond acceptors (Lipinski definition) is 5. The van der Waals surface area contributed by atoms with E-state index in [0.717, 1.165) is 5.56 Å². The van der Waals surface area contributed by atoms with E-state index in [2.05, 4.69) is 21.9 Å². The zero-order chi connectivity index (χ0) is 12.3. The van der Waals surface area contributed by atoms with Gasteiger partial charge in [-0.3, -0.25) is 4.79 Å². The molecule has 0 bridgehead atoms. The molecular weight excluding hydrogens is 244 g/mol. The summed E-state index contributed by atoms with van der Waals surface area (Å²) in [6.45, 7) is 0. The van der Waals surface area contributed by atoms with Gasteiger partial charge in [0.15, 0.2) is 0 Å². The predicted molar refractivity (Wildman–Crippen MR) is 62.8 cm³/mol. The number of hydrazine groups is 3. The van der Waals surface area contributed by atoms with Gasteiger partial charge in [-0.25, -0.2) is 10.9 Å². The van der Waals surface area contributed by atoms with Gasteiger partial charge in [-0.2, -0.15) is 11.1 Å². The molecule has 0 aliphatic carbocycles. The lowest BCUT2D eigenvalue weighted by Gasteiger charge is -2.21. The van der Waals surface area contributed by atoms with Crippen LogP contribution in [0.25, 0.3) is 0 Å². The number of halogens is 1. The molecule has 1 aromatic rings. The van der Waals surface area contributed by atoms with Crippen molar-refractivity contribution in [3.05, 3.63) is 34.9 Å². The molecule has 1 aliphatic heterocycles. The first-order chi connectivity index (χ1) is 8.16. The van der Waals surface area contributed by atoms with Crippen LogP contribution < -0.4 is 21.9 Å². The largest absolute Gasteiger partial charge is 0.481 e.